The average Bonchev–Trinajstić information content (AvgIpc) is 2.65. The van der Waals surface area contributed by atoms with Gasteiger partial charge in [0.05, 0.1) is 24.6 Å². The van der Waals surface area contributed by atoms with Crippen LogP contribution in [-0.4, -0.2) is 40.2 Å². The fraction of sp³-hybridized carbons (Fsp3) is 0.263. The predicted octanol–water partition coefficient (Wildman–Crippen LogP) is 2.80. The van der Waals surface area contributed by atoms with Gasteiger partial charge in [0.2, 0.25) is 15.9 Å². The maximum Gasteiger partial charge on any atom is 0.337 e. The minimum atomic E-state index is -3.58. The second kappa shape index (κ2) is 9.32. The van der Waals surface area contributed by atoms with Gasteiger partial charge in [0, 0.05) is 18.7 Å². The fourth-order valence-corrected chi connectivity index (χ4v) is 3.51. The van der Waals surface area contributed by atoms with Crippen molar-refractivity contribution in [2.75, 3.05) is 29.5 Å². The van der Waals surface area contributed by atoms with Gasteiger partial charge in [-0.2, -0.15) is 0 Å². The molecule has 28 heavy (non-hydrogen) atoms. The van der Waals surface area contributed by atoms with Crippen LogP contribution in [0.2, 0.25) is 0 Å². The summed E-state index contributed by atoms with van der Waals surface area (Å²) in [6.45, 7) is 0.0695. The van der Waals surface area contributed by atoms with Crippen molar-refractivity contribution in [1.29, 1.82) is 0 Å². The van der Waals surface area contributed by atoms with Crippen molar-refractivity contribution in [2.45, 2.75) is 12.8 Å². The molecule has 0 aliphatic carbocycles. The Morgan fingerprint density at radius 1 is 1.14 bits per heavy atom. The molecule has 0 saturated carbocycles. The number of anilines is 2. The normalized spacial score (nSPS) is 11.0. The van der Waals surface area contributed by atoms with Crippen LogP contribution in [0.15, 0.2) is 48.5 Å². The zero-order valence-corrected chi connectivity index (χ0v) is 16.3. The summed E-state index contributed by atoms with van der Waals surface area (Å²) < 4.78 is 42.8. The van der Waals surface area contributed by atoms with E-state index >= 15 is 0 Å². The van der Waals surface area contributed by atoms with Crippen LogP contribution >= 0.6 is 0 Å². The van der Waals surface area contributed by atoms with E-state index < -0.39 is 21.8 Å². The number of rotatable bonds is 8. The molecule has 1 N–H and O–H groups in total. The topological polar surface area (TPSA) is 92.8 Å². The first-order chi connectivity index (χ1) is 13.2. The molecule has 0 radical (unpaired) electrons. The maximum atomic E-state index is 13.1. The summed E-state index contributed by atoms with van der Waals surface area (Å²) >= 11 is 0. The molecule has 0 bridgehead atoms. The van der Waals surface area contributed by atoms with Gasteiger partial charge in [-0.3, -0.25) is 9.10 Å². The summed E-state index contributed by atoms with van der Waals surface area (Å²) in [5, 5.41) is 2.66. The predicted molar refractivity (Wildman–Crippen MR) is 104 cm³/mol. The number of ether oxygens (including phenoxy) is 1. The first kappa shape index (κ1) is 21.4. The molecule has 150 valence electrons. The number of amides is 1. The van der Waals surface area contributed by atoms with E-state index in [1.165, 1.54) is 37.4 Å². The number of hydrogen-bond donors (Lipinski definition) is 1. The molecule has 7 nitrogen and oxygen atoms in total. The fourth-order valence-electron chi connectivity index (χ4n) is 2.54. The van der Waals surface area contributed by atoms with Crippen molar-refractivity contribution in [3.63, 3.8) is 0 Å². The van der Waals surface area contributed by atoms with Crippen molar-refractivity contribution in [3.8, 4) is 0 Å². The molecule has 0 aromatic heterocycles. The number of halogens is 1. The standard InChI is InChI=1S/C19H21FN2O5S/c1-27-19(24)14-5-3-6-16(13-14)21-18(23)7-4-12-22(28(2,25)26)17-10-8-15(20)9-11-17/h3,5-6,8-11,13H,4,7,12H2,1-2H3,(H,21,23). The number of nitrogens with zero attached hydrogens (tertiary/aromatic N) is 1. The number of esters is 1. The minimum absolute atomic E-state index is 0.0651. The Morgan fingerprint density at radius 2 is 1.82 bits per heavy atom. The molecule has 1 amide bonds. The molecule has 0 atom stereocenters. The molecular formula is C19H21FN2O5S. The van der Waals surface area contributed by atoms with Crippen molar-refractivity contribution >= 4 is 33.3 Å². The van der Waals surface area contributed by atoms with Crippen molar-refractivity contribution in [2.24, 2.45) is 0 Å². The van der Waals surface area contributed by atoms with Gasteiger partial charge in [0.1, 0.15) is 5.82 Å². The lowest BCUT2D eigenvalue weighted by atomic mass is 10.2. The van der Waals surface area contributed by atoms with Crippen molar-refractivity contribution in [3.05, 3.63) is 59.9 Å². The number of carbonyl (C=O) groups excluding carboxylic acids is 2. The Balaban J connectivity index is 1.96. The second-order valence-corrected chi connectivity index (χ2v) is 7.94. The zero-order valence-electron chi connectivity index (χ0n) is 15.5. The summed E-state index contributed by atoms with van der Waals surface area (Å²) in [5.41, 5.74) is 1.07. The molecule has 2 rings (SSSR count). The summed E-state index contributed by atoms with van der Waals surface area (Å²) in [5.74, 6) is -1.31. The average molecular weight is 408 g/mol. The van der Waals surface area contributed by atoms with Crippen LogP contribution in [-0.2, 0) is 19.6 Å². The van der Waals surface area contributed by atoms with Crippen LogP contribution in [0, 0.1) is 5.82 Å². The third-order valence-corrected chi connectivity index (χ3v) is 5.04. The first-order valence-corrected chi connectivity index (χ1v) is 10.3. The smallest absolute Gasteiger partial charge is 0.337 e. The maximum absolute atomic E-state index is 13.1. The summed E-state index contributed by atoms with van der Waals surface area (Å²) in [6.07, 6.45) is 1.37. The highest BCUT2D eigenvalue weighted by Gasteiger charge is 2.17. The lowest BCUT2D eigenvalue weighted by Crippen LogP contribution is -2.31. The van der Waals surface area contributed by atoms with Gasteiger partial charge in [-0.25, -0.2) is 17.6 Å². The number of benzene rings is 2. The van der Waals surface area contributed by atoms with E-state index in [0.717, 1.165) is 10.6 Å². The largest absolute Gasteiger partial charge is 0.465 e. The van der Waals surface area contributed by atoms with E-state index in [9.17, 15) is 22.4 Å². The number of sulfonamides is 1. The minimum Gasteiger partial charge on any atom is -0.465 e. The lowest BCUT2D eigenvalue weighted by molar-refractivity contribution is -0.116. The van der Waals surface area contributed by atoms with Gasteiger partial charge >= 0.3 is 5.97 Å². The second-order valence-electron chi connectivity index (χ2n) is 6.04. The molecular weight excluding hydrogens is 387 g/mol. The van der Waals surface area contributed by atoms with Gasteiger partial charge in [-0.05, 0) is 48.9 Å². The highest BCUT2D eigenvalue weighted by molar-refractivity contribution is 7.92. The number of nitrogens with one attached hydrogen (secondary N) is 1. The number of methoxy groups -OCH3 is 1. The van der Waals surface area contributed by atoms with Crippen LogP contribution in [0.25, 0.3) is 0 Å². The van der Waals surface area contributed by atoms with Gasteiger partial charge in [-0.1, -0.05) is 6.07 Å². The summed E-state index contributed by atoms with van der Waals surface area (Å²) in [7, 11) is -2.31. The monoisotopic (exact) mass is 408 g/mol. The zero-order chi connectivity index (χ0) is 20.7. The van der Waals surface area contributed by atoms with Gasteiger partial charge in [0.15, 0.2) is 0 Å². The van der Waals surface area contributed by atoms with E-state index in [2.05, 4.69) is 10.1 Å². The van der Waals surface area contributed by atoms with E-state index in [1.807, 2.05) is 0 Å². The molecule has 2 aromatic rings. The quantitative estimate of drug-likeness (QED) is 0.678. The first-order valence-electron chi connectivity index (χ1n) is 8.42. The lowest BCUT2D eigenvalue weighted by Gasteiger charge is -2.22. The summed E-state index contributed by atoms with van der Waals surface area (Å²) in [6, 6.07) is 11.4. The van der Waals surface area contributed by atoms with Gasteiger partial charge in [0.25, 0.3) is 0 Å². The van der Waals surface area contributed by atoms with Crippen LogP contribution in [0.4, 0.5) is 15.8 Å². The van der Waals surface area contributed by atoms with Crippen molar-refractivity contribution in [1.82, 2.24) is 0 Å². The summed E-state index contributed by atoms with van der Waals surface area (Å²) in [4.78, 5) is 23.7. The highest BCUT2D eigenvalue weighted by Crippen LogP contribution is 2.19. The third-order valence-electron chi connectivity index (χ3n) is 3.85. The van der Waals surface area contributed by atoms with E-state index in [4.69, 9.17) is 0 Å². The van der Waals surface area contributed by atoms with Crippen LogP contribution < -0.4 is 9.62 Å². The molecule has 0 saturated heterocycles. The Kier molecular flexibility index (Phi) is 7.11. The SMILES string of the molecule is COC(=O)c1cccc(NC(=O)CCCN(c2ccc(F)cc2)S(C)(=O)=O)c1. The highest BCUT2D eigenvalue weighted by atomic mass is 32.2. The third kappa shape index (κ3) is 6.05. The molecule has 0 fully saturated rings. The molecule has 0 aliphatic rings. The van der Waals surface area contributed by atoms with E-state index in [1.54, 1.807) is 18.2 Å². The molecule has 0 spiro atoms. The Labute approximate surface area is 163 Å². The Bertz CT molecular complexity index is 945. The van der Waals surface area contributed by atoms with Crippen LogP contribution in [0.3, 0.4) is 0 Å². The molecule has 9 heteroatoms. The van der Waals surface area contributed by atoms with Crippen LogP contribution in [0.1, 0.15) is 23.2 Å². The molecule has 0 unspecified atom stereocenters. The van der Waals surface area contributed by atoms with Crippen molar-refractivity contribution < 1.29 is 27.1 Å². The Hall–Kier alpha value is -2.94. The van der Waals surface area contributed by atoms with E-state index in [-0.39, 0.29) is 25.3 Å². The van der Waals surface area contributed by atoms with E-state index in [0.29, 0.717) is 16.9 Å². The number of carbonyl (C=O) groups is 2. The van der Waals surface area contributed by atoms with Crippen LogP contribution in [0.5, 0.6) is 0 Å². The van der Waals surface area contributed by atoms with Gasteiger partial charge < -0.3 is 10.1 Å². The molecule has 0 aliphatic heterocycles. The number of hydrogen-bond acceptors (Lipinski definition) is 5. The Morgan fingerprint density at radius 3 is 2.43 bits per heavy atom. The molecule has 2 aromatic carbocycles. The van der Waals surface area contributed by atoms with Gasteiger partial charge in [-0.15, -0.1) is 0 Å². The molecule has 0 heterocycles.